The number of carbonyl (C=O) groups excluding carboxylic acids is 3. The first kappa shape index (κ1) is 18.8. The highest BCUT2D eigenvalue weighted by atomic mass is 16.2. The van der Waals surface area contributed by atoms with E-state index in [0.29, 0.717) is 6.54 Å². The smallest absolute Gasteiger partial charge is 0.294 e. The van der Waals surface area contributed by atoms with Crippen LogP contribution in [0.5, 0.6) is 0 Å². The molecular formula is C25H26N3O3+. The number of likely N-dealkylation sites (N-methyl/N-ethyl adjacent to an activating group) is 1. The quantitative estimate of drug-likeness (QED) is 0.763. The van der Waals surface area contributed by atoms with Crippen molar-refractivity contribution in [1.29, 1.82) is 0 Å². The van der Waals surface area contributed by atoms with E-state index in [1.54, 1.807) is 0 Å². The van der Waals surface area contributed by atoms with Crippen molar-refractivity contribution in [2.24, 2.45) is 11.8 Å². The average molecular weight is 417 g/mol. The number of quaternary nitrogens is 1. The van der Waals surface area contributed by atoms with Gasteiger partial charge in [-0.25, -0.2) is 0 Å². The standard InChI is InChI=1S/C25H25N3O3/c1-2-26-18-12-7-6-11-17(18)25(24(26)31)21-20(19-13-8-14-28(19)25)22(29)27(23(21)30)15-16-9-4-3-5-10-16/h3-7,9-12,19-21H,2,8,13-15H2,1H3/p+1/t19-,20+,21-,25+/m0/s1. The zero-order valence-electron chi connectivity index (χ0n) is 17.6. The van der Waals surface area contributed by atoms with Gasteiger partial charge in [-0.3, -0.25) is 19.3 Å². The minimum atomic E-state index is -0.976. The lowest BCUT2D eigenvalue weighted by Crippen LogP contribution is -3.20. The molecule has 1 unspecified atom stereocenters. The van der Waals surface area contributed by atoms with Crippen LogP contribution in [0.1, 0.15) is 30.9 Å². The van der Waals surface area contributed by atoms with Crippen LogP contribution in [0.25, 0.3) is 0 Å². The average Bonchev–Trinajstić information content (AvgIpc) is 3.49. The fraction of sp³-hybridized carbons (Fsp3) is 0.400. The van der Waals surface area contributed by atoms with Crippen LogP contribution in [0.2, 0.25) is 0 Å². The van der Waals surface area contributed by atoms with Crippen molar-refractivity contribution in [3.63, 3.8) is 0 Å². The topological polar surface area (TPSA) is 62.1 Å². The van der Waals surface area contributed by atoms with Gasteiger partial charge in [0, 0.05) is 24.9 Å². The molecule has 0 radical (unpaired) electrons. The lowest BCUT2D eigenvalue weighted by atomic mass is 9.75. The zero-order chi connectivity index (χ0) is 21.3. The van der Waals surface area contributed by atoms with Gasteiger partial charge in [0.05, 0.1) is 18.8 Å². The van der Waals surface area contributed by atoms with E-state index in [9.17, 15) is 14.4 Å². The molecule has 3 amide bonds. The van der Waals surface area contributed by atoms with Crippen LogP contribution in [0.15, 0.2) is 54.6 Å². The first-order valence-electron chi connectivity index (χ1n) is 11.3. The van der Waals surface area contributed by atoms with E-state index < -0.39 is 17.4 Å². The third kappa shape index (κ3) is 2.18. The summed E-state index contributed by atoms with van der Waals surface area (Å²) < 4.78 is 0. The third-order valence-corrected chi connectivity index (χ3v) is 7.96. The molecule has 4 aliphatic heterocycles. The summed E-state index contributed by atoms with van der Waals surface area (Å²) >= 11 is 0. The second-order valence-electron chi connectivity index (χ2n) is 9.15. The van der Waals surface area contributed by atoms with E-state index in [0.717, 1.165) is 41.1 Å². The number of hydrogen-bond acceptors (Lipinski definition) is 3. The van der Waals surface area contributed by atoms with E-state index in [1.807, 2.05) is 66.4 Å². The number of fused-ring (bicyclic) bond motifs is 7. The molecule has 2 aromatic rings. The number of anilines is 1. The van der Waals surface area contributed by atoms with Crippen molar-refractivity contribution in [2.45, 2.75) is 37.9 Å². The van der Waals surface area contributed by atoms with Gasteiger partial charge in [-0.15, -0.1) is 0 Å². The Hall–Kier alpha value is -2.99. The molecule has 1 N–H and O–H groups in total. The Morgan fingerprint density at radius 2 is 1.71 bits per heavy atom. The van der Waals surface area contributed by atoms with Crippen LogP contribution in [-0.4, -0.2) is 41.8 Å². The monoisotopic (exact) mass is 416 g/mol. The number of nitrogens with zero attached hydrogens (tertiary/aromatic N) is 2. The van der Waals surface area contributed by atoms with Gasteiger partial charge in [-0.1, -0.05) is 48.5 Å². The molecule has 6 heteroatoms. The van der Waals surface area contributed by atoms with E-state index in [4.69, 9.17) is 0 Å². The van der Waals surface area contributed by atoms with Crippen molar-refractivity contribution in [3.8, 4) is 0 Å². The van der Waals surface area contributed by atoms with Crippen molar-refractivity contribution in [3.05, 3.63) is 65.7 Å². The van der Waals surface area contributed by atoms with Gasteiger partial charge in [0.1, 0.15) is 17.9 Å². The summed E-state index contributed by atoms with van der Waals surface area (Å²) in [6.45, 7) is 3.63. The number of nitrogens with one attached hydrogen (secondary N) is 1. The molecule has 5 atom stereocenters. The second kappa shape index (κ2) is 6.50. The molecule has 3 saturated heterocycles. The Balaban J connectivity index is 1.51. The Morgan fingerprint density at radius 3 is 2.48 bits per heavy atom. The van der Waals surface area contributed by atoms with Crippen molar-refractivity contribution >= 4 is 23.4 Å². The van der Waals surface area contributed by atoms with Gasteiger partial charge < -0.3 is 9.80 Å². The van der Waals surface area contributed by atoms with Crippen molar-refractivity contribution in [2.75, 3.05) is 18.0 Å². The summed E-state index contributed by atoms with van der Waals surface area (Å²) in [5.74, 6) is -1.31. The predicted octanol–water partition coefficient (Wildman–Crippen LogP) is 1.11. The number of benzene rings is 2. The van der Waals surface area contributed by atoms with E-state index in [1.165, 1.54) is 4.90 Å². The predicted molar refractivity (Wildman–Crippen MR) is 114 cm³/mol. The molecule has 158 valence electrons. The lowest BCUT2D eigenvalue weighted by molar-refractivity contribution is -0.948. The third-order valence-electron chi connectivity index (χ3n) is 7.96. The maximum Gasteiger partial charge on any atom is 0.294 e. The molecule has 0 aromatic heterocycles. The van der Waals surface area contributed by atoms with Gasteiger partial charge >= 0.3 is 0 Å². The molecule has 31 heavy (non-hydrogen) atoms. The van der Waals surface area contributed by atoms with E-state index in [-0.39, 0.29) is 30.3 Å². The van der Waals surface area contributed by atoms with Crippen LogP contribution < -0.4 is 9.80 Å². The summed E-state index contributed by atoms with van der Waals surface area (Å²) in [5.41, 5.74) is 1.79. The molecule has 0 bridgehead atoms. The van der Waals surface area contributed by atoms with Gasteiger partial charge in [0.2, 0.25) is 17.4 Å². The second-order valence-corrected chi connectivity index (χ2v) is 9.15. The fourth-order valence-corrected chi connectivity index (χ4v) is 6.90. The van der Waals surface area contributed by atoms with E-state index >= 15 is 0 Å². The number of carbonyl (C=O) groups is 3. The van der Waals surface area contributed by atoms with Crippen molar-refractivity contribution < 1.29 is 19.3 Å². The van der Waals surface area contributed by atoms with Gasteiger partial charge in [0.15, 0.2) is 0 Å². The Morgan fingerprint density at radius 1 is 0.968 bits per heavy atom. The Kier molecular flexibility index (Phi) is 3.93. The normalized spacial score (nSPS) is 33.4. The molecule has 0 saturated carbocycles. The summed E-state index contributed by atoms with van der Waals surface area (Å²) in [6, 6.07) is 17.5. The first-order valence-corrected chi connectivity index (χ1v) is 11.3. The molecule has 3 fully saturated rings. The maximum absolute atomic E-state index is 14.0. The van der Waals surface area contributed by atoms with E-state index in [2.05, 4.69) is 0 Å². The summed E-state index contributed by atoms with van der Waals surface area (Å²) in [6.07, 6.45) is 1.87. The molecule has 6 nitrogen and oxygen atoms in total. The Labute approximate surface area is 181 Å². The van der Waals surface area contributed by atoms with Crippen LogP contribution in [0.3, 0.4) is 0 Å². The molecule has 1 spiro atoms. The molecule has 4 aliphatic rings. The lowest BCUT2D eigenvalue weighted by Gasteiger charge is -2.34. The Bertz CT molecular complexity index is 1100. The number of para-hydroxylation sites is 1. The highest BCUT2D eigenvalue weighted by Gasteiger charge is 2.79. The zero-order valence-corrected chi connectivity index (χ0v) is 17.6. The number of hydrogen-bond donors (Lipinski definition) is 1. The summed E-state index contributed by atoms with van der Waals surface area (Å²) in [5, 5.41) is 0. The van der Waals surface area contributed by atoms with Crippen molar-refractivity contribution in [1.82, 2.24) is 4.90 Å². The SMILES string of the molecule is CCN1C(=O)[C@@]2(c3ccccc31)[C@@H]1C(=O)N(Cc3ccccc3)C(=O)[C@@H]1[C@@H]1CCC[NH+]12. The van der Waals surface area contributed by atoms with Crippen LogP contribution >= 0.6 is 0 Å². The van der Waals surface area contributed by atoms with Gasteiger partial charge in [-0.05, 0) is 18.6 Å². The molecule has 4 heterocycles. The number of likely N-dealkylation sites (tertiary alicyclic amines) is 1. The first-order chi connectivity index (χ1) is 15.1. The fourth-order valence-electron chi connectivity index (χ4n) is 6.90. The largest absolute Gasteiger partial charge is 0.315 e. The highest BCUT2D eigenvalue weighted by Crippen LogP contribution is 2.53. The maximum atomic E-state index is 14.0. The number of imide groups is 1. The van der Waals surface area contributed by atoms with Crippen LogP contribution in [0.4, 0.5) is 5.69 Å². The van der Waals surface area contributed by atoms with Gasteiger partial charge in [-0.2, -0.15) is 0 Å². The van der Waals surface area contributed by atoms with Crippen LogP contribution in [-0.2, 0) is 26.5 Å². The molecule has 0 aliphatic carbocycles. The summed E-state index contributed by atoms with van der Waals surface area (Å²) in [4.78, 5) is 45.9. The highest BCUT2D eigenvalue weighted by molar-refractivity contribution is 6.14. The minimum absolute atomic E-state index is 0.00619. The van der Waals surface area contributed by atoms with Crippen LogP contribution in [0, 0.1) is 11.8 Å². The minimum Gasteiger partial charge on any atom is -0.315 e. The summed E-state index contributed by atoms with van der Waals surface area (Å²) in [7, 11) is 0. The number of amides is 3. The molecule has 6 rings (SSSR count). The van der Waals surface area contributed by atoms with Gasteiger partial charge in [0.25, 0.3) is 5.91 Å². The number of rotatable bonds is 3. The molecular weight excluding hydrogens is 390 g/mol. The molecule has 2 aromatic carbocycles.